The van der Waals surface area contributed by atoms with Crippen LogP contribution < -0.4 is 9.47 Å². The van der Waals surface area contributed by atoms with Crippen LogP contribution in [0.25, 0.3) is 6.08 Å². The second-order valence-corrected chi connectivity index (χ2v) is 7.35. The molecular formula is C22H20IN3O3. The van der Waals surface area contributed by atoms with Crippen molar-refractivity contribution in [1.29, 1.82) is 10.5 Å². The van der Waals surface area contributed by atoms with Crippen molar-refractivity contribution in [3.05, 3.63) is 62.2 Å². The summed E-state index contributed by atoms with van der Waals surface area (Å²) in [5.74, 6) is 0.693. The first-order valence-electron chi connectivity index (χ1n) is 8.81. The Morgan fingerprint density at radius 1 is 1.21 bits per heavy atom. The number of nitrogens with zero attached hydrogens (tertiary/aromatic N) is 3. The maximum atomic E-state index is 12.1. The molecule has 0 atom stereocenters. The van der Waals surface area contributed by atoms with Gasteiger partial charge in [0.25, 0.3) is 5.91 Å². The molecule has 0 saturated carbocycles. The van der Waals surface area contributed by atoms with Crippen molar-refractivity contribution in [2.45, 2.75) is 13.5 Å². The van der Waals surface area contributed by atoms with Crippen molar-refractivity contribution in [2.75, 3.05) is 20.7 Å². The highest BCUT2D eigenvalue weighted by Gasteiger charge is 2.15. The zero-order valence-electron chi connectivity index (χ0n) is 16.4. The fourth-order valence-electron chi connectivity index (χ4n) is 2.53. The normalized spacial score (nSPS) is 10.6. The van der Waals surface area contributed by atoms with Crippen molar-refractivity contribution in [3.8, 4) is 23.6 Å². The first-order valence-corrected chi connectivity index (χ1v) is 9.89. The van der Waals surface area contributed by atoms with E-state index in [4.69, 9.17) is 9.47 Å². The minimum Gasteiger partial charge on any atom is -0.490 e. The summed E-state index contributed by atoms with van der Waals surface area (Å²) in [5.41, 5.74) is 2.03. The predicted molar refractivity (Wildman–Crippen MR) is 118 cm³/mol. The van der Waals surface area contributed by atoms with Crippen molar-refractivity contribution in [1.82, 2.24) is 4.90 Å². The number of benzene rings is 2. The Labute approximate surface area is 184 Å². The van der Waals surface area contributed by atoms with E-state index in [0.29, 0.717) is 29.2 Å². The fourth-order valence-corrected chi connectivity index (χ4v) is 3.31. The molecule has 2 rings (SSSR count). The van der Waals surface area contributed by atoms with Gasteiger partial charge >= 0.3 is 0 Å². The third-order valence-electron chi connectivity index (χ3n) is 3.91. The zero-order chi connectivity index (χ0) is 21.4. The van der Waals surface area contributed by atoms with Gasteiger partial charge in [0.15, 0.2) is 11.5 Å². The molecule has 0 radical (unpaired) electrons. The number of amides is 1. The molecule has 1 amide bonds. The van der Waals surface area contributed by atoms with Crippen molar-refractivity contribution in [3.63, 3.8) is 0 Å². The van der Waals surface area contributed by atoms with Gasteiger partial charge in [0.1, 0.15) is 18.2 Å². The van der Waals surface area contributed by atoms with E-state index in [1.54, 1.807) is 32.3 Å². The van der Waals surface area contributed by atoms with Crippen LogP contribution in [0.5, 0.6) is 11.5 Å². The lowest BCUT2D eigenvalue weighted by molar-refractivity contribution is -0.124. The number of carbonyl (C=O) groups is 1. The summed E-state index contributed by atoms with van der Waals surface area (Å²) in [6, 6.07) is 14.9. The smallest absolute Gasteiger partial charge is 0.264 e. The molecule has 0 unspecified atom stereocenters. The molecule has 7 heteroatoms. The molecule has 0 fully saturated rings. The van der Waals surface area contributed by atoms with E-state index in [9.17, 15) is 15.3 Å². The van der Waals surface area contributed by atoms with E-state index in [1.807, 2.05) is 31.2 Å². The van der Waals surface area contributed by atoms with Gasteiger partial charge in [-0.3, -0.25) is 4.79 Å². The lowest BCUT2D eigenvalue weighted by Crippen LogP contribution is -2.22. The zero-order valence-corrected chi connectivity index (χ0v) is 18.6. The van der Waals surface area contributed by atoms with Crippen LogP contribution in [0, 0.1) is 26.2 Å². The van der Waals surface area contributed by atoms with Crippen LogP contribution in [-0.4, -0.2) is 31.5 Å². The molecule has 6 nitrogen and oxygen atoms in total. The molecule has 0 heterocycles. The molecule has 0 aliphatic heterocycles. The van der Waals surface area contributed by atoms with Crippen molar-refractivity contribution >= 4 is 34.6 Å². The van der Waals surface area contributed by atoms with Gasteiger partial charge in [-0.1, -0.05) is 18.2 Å². The molecule has 2 aromatic rings. The molecular weight excluding hydrogens is 481 g/mol. The van der Waals surface area contributed by atoms with Crippen molar-refractivity contribution < 1.29 is 14.3 Å². The van der Waals surface area contributed by atoms with Gasteiger partial charge in [0, 0.05) is 19.7 Å². The van der Waals surface area contributed by atoms with E-state index in [-0.39, 0.29) is 18.1 Å². The summed E-state index contributed by atoms with van der Waals surface area (Å²) < 4.78 is 12.5. The number of carbonyl (C=O) groups excluding carboxylic acids is 1. The Morgan fingerprint density at radius 2 is 1.93 bits per heavy atom. The maximum Gasteiger partial charge on any atom is 0.264 e. The highest BCUT2D eigenvalue weighted by Crippen LogP contribution is 2.35. The number of rotatable bonds is 7. The minimum atomic E-state index is -0.367. The molecule has 0 N–H and O–H groups in total. The number of nitriles is 2. The summed E-state index contributed by atoms with van der Waals surface area (Å²) >= 11 is 2.12. The van der Waals surface area contributed by atoms with E-state index < -0.39 is 0 Å². The van der Waals surface area contributed by atoms with Gasteiger partial charge in [0.05, 0.1) is 21.8 Å². The minimum absolute atomic E-state index is 0.0323. The number of hydrogen-bond acceptors (Lipinski definition) is 5. The molecule has 29 heavy (non-hydrogen) atoms. The third kappa shape index (κ3) is 5.72. The van der Waals surface area contributed by atoms with E-state index in [0.717, 1.165) is 9.13 Å². The fraction of sp³-hybridized carbons (Fsp3) is 0.227. The van der Waals surface area contributed by atoms with Crippen LogP contribution in [0.2, 0.25) is 0 Å². The number of likely N-dealkylation sites (N-methyl/N-ethyl adjacent to an activating group) is 1. The van der Waals surface area contributed by atoms with E-state index in [2.05, 4.69) is 28.7 Å². The Bertz CT molecular complexity index is 1020. The quantitative estimate of drug-likeness (QED) is 0.324. The topological polar surface area (TPSA) is 86.3 Å². The second kappa shape index (κ2) is 10.5. The summed E-state index contributed by atoms with van der Waals surface area (Å²) in [5, 5.41) is 18.6. The average molecular weight is 501 g/mol. The second-order valence-electron chi connectivity index (χ2n) is 6.19. The van der Waals surface area contributed by atoms with Gasteiger partial charge in [-0.2, -0.15) is 10.5 Å². The first kappa shape index (κ1) is 22.3. The largest absolute Gasteiger partial charge is 0.490 e. The third-order valence-corrected chi connectivity index (χ3v) is 4.71. The summed E-state index contributed by atoms with van der Waals surface area (Å²) in [6.45, 7) is 2.51. The number of hydrogen-bond donors (Lipinski definition) is 0. The monoisotopic (exact) mass is 501 g/mol. The number of ether oxygens (including phenoxy) is 2. The first-order chi connectivity index (χ1) is 13.9. The van der Waals surface area contributed by atoms with Crippen LogP contribution in [0.15, 0.2) is 42.0 Å². The molecule has 148 valence electrons. The summed E-state index contributed by atoms with van der Waals surface area (Å²) in [4.78, 5) is 13.5. The van der Waals surface area contributed by atoms with Gasteiger partial charge in [0.2, 0.25) is 0 Å². The predicted octanol–water partition coefficient (Wildman–Crippen LogP) is 4.14. The maximum absolute atomic E-state index is 12.1. The van der Waals surface area contributed by atoms with Gasteiger partial charge in [-0.15, -0.1) is 0 Å². The Balaban J connectivity index is 2.39. The highest BCUT2D eigenvalue weighted by molar-refractivity contribution is 14.1. The molecule has 2 aromatic carbocycles. The van der Waals surface area contributed by atoms with Gasteiger partial charge in [-0.05, 0) is 59.4 Å². The SMILES string of the molecule is CCOc1cc(/C=C(/C#N)C(=O)N(C)C)cc(I)c1OCc1ccccc1C#N. The van der Waals surface area contributed by atoms with Crippen molar-refractivity contribution in [2.24, 2.45) is 0 Å². The Kier molecular flexibility index (Phi) is 8.05. The molecule has 0 spiro atoms. The molecule has 0 saturated heterocycles. The van der Waals surface area contributed by atoms with Gasteiger partial charge in [-0.25, -0.2) is 0 Å². The molecule has 0 bridgehead atoms. The highest BCUT2D eigenvalue weighted by atomic mass is 127. The van der Waals surface area contributed by atoms with Gasteiger partial charge < -0.3 is 14.4 Å². The average Bonchev–Trinajstić information content (AvgIpc) is 2.71. The Morgan fingerprint density at radius 3 is 2.55 bits per heavy atom. The molecule has 0 aliphatic rings. The summed E-state index contributed by atoms with van der Waals surface area (Å²) in [7, 11) is 3.19. The lowest BCUT2D eigenvalue weighted by atomic mass is 10.1. The van der Waals surface area contributed by atoms with Crippen LogP contribution in [-0.2, 0) is 11.4 Å². The lowest BCUT2D eigenvalue weighted by Gasteiger charge is -2.15. The number of halogens is 1. The van der Waals surface area contributed by atoms with Crippen LogP contribution in [0.3, 0.4) is 0 Å². The van der Waals surface area contributed by atoms with Crippen LogP contribution >= 0.6 is 22.6 Å². The standard InChI is InChI=1S/C22H20IN3O3/c1-4-28-20-11-15(9-18(13-25)22(27)26(2)3)10-19(23)21(20)29-14-17-8-6-5-7-16(17)12-24/h5-11H,4,14H2,1-3H3/b18-9-. The Hall–Kier alpha value is -3.04. The summed E-state index contributed by atoms with van der Waals surface area (Å²) in [6.07, 6.45) is 1.53. The van der Waals surface area contributed by atoms with E-state index in [1.165, 1.54) is 11.0 Å². The van der Waals surface area contributed by atoms with Crippen LogP contribution in [0.4, 0.5) is 0 Å². The molecule has 0 aliphatic carbocycles. The van der Waals surface area contributed by atoms with E-state index >= 15 is 0 Å². The molecule has 0 aromatic heterocycles. The van der Waals surface area contributed by atoms with Crippen LogP contribution in [0.1, 0.15) is 23.6 Å².